The Morgan fingerprint density at radius 2 is 1.53 bits per heavy atom. The number of imide groups is 1. The fourth-order valence-electron chi connectivity index (χ4n) is 2.91. The lowest BCUT2D eigenvalue weighted by Gasteiger charge is -2.28. The molecule has 0 spiro atoms. The van der Waals surface area contributed by atoms with E-state index < -0.39 is 23.4 Å². The normalized spacial score (nSPS) is 11.7. The molecule has 3 aromatic rings. The number of carbonyl (C=O) groups is 2. The minimum atomic E-state index is -0.938. The van der Waals surface area contributed by atoms with Crippen molar-refractivity contribution >= 4 is 34.8 Å². The zero-order valence-electron chi connectivity index (χ0n) is 20.4. The summed E-state index contributed by atoms with van der Waals surface area (Å²) in [4.78, 5) is 36.2. The second kappa shape index (κ2) is 9.12. The van der Waals surface area contributed by atoms with Crippen LogP contribution in [0.15, 0.2) is 43.1 Å². The molecule has 2 heterocycles. The maximum atomic E-state index is 13.4. The summed E-state index contributed by atoms with van der Waals surface area (Å²) in [6.07, 6.45) is -0.411. The summed E-state index contributed by atoms with van der Waals surface area (Å²) in [5.41, 5.74) is -0.628. The number of nitrogens with zero attached hydrogens (tertiary/aromatic N) is 5. The Bertz CT molecular complexity index is 1190. The standard InChI is InChI=1S/C24H29N5O5/c1-15(32-8)19-25-14-17-18(26-19)20(29(27-17)16-12-10-9-11-13-16)28(21(30)33-23(2,3)4)22(31)34-24(5,6)7/h9-14H,1H2,2-8H3. The molecule has 0 aliphatic carbocycles. The fourth-order valence-corrected chi connectivity index (χ4v) is 2.91. The van der Waals surface area contributed by atoms with E-state index in [1.54, 1.807) is 65.8 Å². The average Bonchev–Trinajstić information content (AvgIpc) is 3.10. The van der Waals surface area contributed by atoms with Gasteiger partial charge in [0.25, 0.3) is 0 Å². The van der Waals surface area contributed by atoms with Gasteiger partial charge >= 0.3 is 12.2 Å². The highest BCUT2D eigenvalue weighted by Crippen LogP contribution is 2.31. The van der Waals surface area contributed by atoms with Gasteiger partial charge in [0.2, 0.25) is 0 Å². The summed E-state index contributed by atoms with van der Waals surface area (Å²) >= 11 is 0. The van der Waals surface area contributed by atoms with Crippen molar-refractivity contribution in [2.45, 2.75) is 52.7 Å². The van der Waals surface area contributed by atoms with Crippen LogP contribution in [0.25, 0.3) is 22.5 Å². The molecular weight excluding hydrogens is 438 g/mol. The van der Waals surface area contributed by atoms with E-state index in [0.717, 1.165) is 4.90 Å². The van der Waals surface area contributed by atoms with Crippen LogP contribution in [0, 0.1) is 0 Å². The van der Waals surface area contributed by atoms with E-state index in [9.17, 15) is 9.59 Å². The summed E-state index contributed by atoms with van der Waals surface area (Å²) in [5, 5.41) is 4.55. The predicted molar refractivity (Wildman–Crippen MR) is 128 cm³/mol. The van der Waals surface area contributed by atoms with Gasteiger partial charge in [0.15, 0.2) is 17.4 Å². The van der Waals surface area contributed by atoms with Gasteiger partial charge in [-0.25, -0.2) is 24.2 Å². The molecule has 0 aliphatic rings. The number of carbonyl (C=O) groups excluding carboxylic acids is 2. The number of para-hydroxylation sites is 1. The van der Waals surface area contributed by atoms with Crippen molar-refractivity contribution in [1.82, 2.24) is 19.7 Å². The van der Waals surface area contributed by atoms with Crippen molar-refractivity contribution in [2.24, 2.45) is 0 Å². The molecule has 0 bridgehead atoms. The SMILES string of the molecule is C=C(OC)c1ncc2nn(-c3ccccc3)c(N(C(=O)OC(C)(C)C)C(=O)OC(C)(C)C)c2n1. The Balaban J connectivity index is 2.33. The molecule has 10 heteroatoms. The highest BCUT2D eigenvalue weighted by atomic mass is 16.6. The largest absolute Gasteiger partial charge is 0.493 e. The molecule has 0 unspecified atom stereocenters. The second-order valence-electron chi connectivity index (χ2n) is 9.42. The molecule has 0 atom stereocenters. The second-order valence-corrected chi connectivity index (χ2v) is 9.42. The van der Waals surface area contributed by atoms with Gasteiger partial charge in [-0.05, 0) is 53.7 Å². The summed E-state index contributed by atoms with van der Waals surface area (Å²) in [6.45, 7) is 14.0. The van der Waals surface area contributed by atoms with Crippen LogP contribution >= 0.6 is 0 Å². The first-order valence-corrected chi connectivity index (χ1v) is 10.6. The first kappa shape index (κ1) is 24.7. The molecule has 10 nitrogen and oxygen atoms in total. The van der Waals surface area contributed by atoms with Crippen LogP contribution in [0.3, 0.4) is 0 Å². The lowest BCUT2D eigenvalue weighted by Crippen LogP contribution is -2.44. The van der Waals surface area contributed by atoms with E-state index >= 15 is 0 Å². The number of benzene rings is 1. The highest BCUT2D eigenvalue weighted by Gasteiger charge is 2.37. The predicted octanol–water partition coefficient (Wildman–Crippen LogP) is 5.11. The molecule has 0 fully saturated rings. The van der Waals surface area contributed by atoms with Gasteiger partial charge in [-0.1, -0.05) is 24.8 Å². The molecule has 0 N–H and O–H groups in total. The Labute approximate surface area is 198 Å². The molecule has 0 saturated heterocycles. The van der Waals surface area contributed by atoms with Gasteiger partial charge in [-0.3, -0.25) is 0 Å². The number of amides is 2. The Kier molecular flexibility index (Phi) is 6.63. The number of hydrogen-bond acceptors (Lipinski definition) is 8. The van der Waals surface area contributed by atoms with Gasteiger partial charge in [0.1, 0.15) is 22.2 Å². The van der Waals surface area contributed by atoms with Crippen LogP contribution in [0.2, 0.25) is 0 Å². The van der Waals surface area contributed by atoms with Crippen LogP contribution in [-0.4, -0.2) is 50.2 Å². The molecule has 0 aliphatic heterocycles. The number of hydrogen-bond donors (Lipinski definition) is 0. The van der Waals surface area contributed by atoms with E-state index in [0.29, 0.717) is 11.2 Å². The monoisotopic (exact) mass is 467 g/mol. The van der Waals surface area contributed by atoms with Crippen LogP contribution < -0.4 is 4.90 Å². The zero-order chi connectivity index (χ0) is 25.3. The molecule has 34 heavy (non-hydrogen) atoms. The highest BCUT2D eigenvalue weighted by molar-refractivity contribution is 6.13. The van der Waals surface area contributed by atoms with Gasteiger partial charge in [-0.15, -0.1) is 0 Å². The number of aromatic nitrogens is 4. The quantitative estimate of drug-likeness (QED) is 0.487. The smallest absolute Gasteiger partial charge is 0.425 e. The minimum Gasteiger partial charge on any atom is -0.493 e. The summed E-state index contributed by atoms with van der Waals surface area (Å²) in [7, 11) is 1.44. The van der Waals surface area contributed by atoms with E-state index in [1.165, 1.54) is 18.0 Å². The molecule has 0 saturated carbocycles. The lowest BCUT2D eigenvalue weighted by atomic mass is 10.2. The molecule has 2 aromatic heterocycles. The minimum absolute atomic E-state index is 0.0391. The van der Waals surface area contributed by atoms with E-state index in [2.05, 4.69) is 21.6 Å². The Morgan fingerprint density at radius 1 is 0.971 bits per heavy atom. The van der Waals surface area contributed by atoms with Gasteiger partial charge in [0.05, 0.1) is 19.0 Å². The van der Waals surface area contributed by atoms with Crippen molar-refractivity contribution in [3.63, 3.8) is 0 Å². The first-order chi connectivity index (χ1) is 15.8. The molecule has 3 rings (SSSR count). The van der Waals surface area contributed by atoms with Crippen LogP contribution in [0.4, 0.5) is 15.4 Å². The maximum Gasteiger partial charge on any atom is 0.425 e. The van der Waals surface area contributed by atoms with E-state index in [4.69, 9.17) is 14.2 Å². The topological polar surface area (TPSA) is 109 Å². The van der Waals surface area contributed by atoms with Gasteiger partial charge < -0.3 is 14.2 Å². The van der Waals surface area contributed by atoms with Gasteiger partial charge in [-0.2, -0.15) is 10.00 Å². The average molecular weight is 468 g/mol. The maximum absolute atomic E-state index is 13.4. The zero-order valence-corrected chi connectivity index (χ0v) is 20.4. The molecular formula is C24H29N5O5. The molecule has 180 valence electrons. The number of methoxy groups -OCH3 is 1. The third-order valence-electron chi connectivity index (χ3n) is 4.25. The number of ether oxygens (including phenoxy) is 3. The molecule has 2 amide bonds. The summed E-state index contributed by atoms with van der Waals surface area (Å²) < 4.78 is 17.7. The summed E-state index contributed by atoms with van der Waals surface area (Å²) in [5.74, 6) is 0.427. The first-order valence-electron chi connectivity index (χ1n) is 10.6. The van der Waals surface area contributed by atoms with Crippen molar-refractivity contribution in [1.29, 1.82) is 0 Å². The van der Waals surface area contributed by atoms with E-state index in [1.807, 2.05) is 6.07 Å². The fraction of sp³-hybridized carbons (Fsp3) is 0.375. The Morgan fingerprint density at radius 3 is 2.03 bits per heavy atom. The van der Waals surface area contributed by atoms with Crippen LogP contribution in [-0.2, 0) is 14.2 Å². The third kappa shape index (κ3) is 5.51. The molecule has 1 aromatic carbocycles. The van der Waals surface area contributed by atoms with Crippen molar-refractivity contribution in [3.8, 4) is 5.69 Å². The number of fused-ring (bicyclic) bond motifs is 1. The van der Waals surface area contributed by atoms with Crippen LogP contribution in [0.5, 0.6) is 0 Å². The number of anilines is 1. The third-order valence-corrected chi connectivity index (χ3v) is 4.25. The van der Waals surface area contributed by atoms with Crippen LogP contribution in [0.1, 0.15) is 47.4 Å². The molecule has 0 radical (unpaired) electrons. The van der Waals surface area contributed by atoms with Crippen molar-refractivity contribution in [3.05, 3.63) is 48.9 Å². The van der Waals surface area contributed by atoms with Crippen molar-refractivity contribution < 1.29 is 23.8 Å². The summed E-state index contributed by atoms with van der Waals surface area (Å²) in [6, 6.07) is 9.01. The van der Waals surface area contributed by atoms with E-state index in [-0.39, 0.29) is 22.9 Å². The van der Waals surface area contributed by atoms with Crippen molar-refractivity contribution in [2.75, 3.05) is 12.0 Å². The Hall–Kier alpha value is -3.95. The van der Waals surface area contributed by atoms with Gasteiger partial charge in [0, 0.05) is 0 Å². The lowest BCUT2D eigenvalue weighted by molar-refractivity contribution is 0.0428. The number of rotatable bonds is 4.